The molecule has 1 N–H and O–H groups in total. The van der Waals surface area contributed by atoms with E-state index >= 15 is 0 Å². The van der Waals surface area contributed by atoms with Gasteiger partial charge in [0, 0.05) is 10.0 Å². The van der Waals surface area contributed by atoms with E-state index in [0.29, 0.717) is 16.1 Å². The largest absolute Gasteiger partial charge is 0.458 e. The highest BCUT2D eigenvalue weighted by Crippen LogP contribution is 2.33. The van der Waals surface area contributed by atoms with Crippen LogP contribution in [0.5, 0.6) is 0 Å². The van der Waals surface area contributed by atoms with Crippen LogP contribution in [-0.4, -0.2) is 18.4 Å². The maximum absolute atomic E-state index is 13.0. The molecule has 0 radical (unpaired) electrons. The molecule has 0 unspecified atom stereocenters. The van der Waals surface area contributed by atoms with Gasteiger partial charge in [0.25, 0.3) is 10.0 Å². The predicted octanol–water partition coefficient (Wildman–Crippen LogP) is 6.60. The number of aromatic nitrogens is 2. The zero-order valence-electron chi connectivity index (χ0n) is 15.8. The van der Waals surface area contributed by atoms with Gasteiger partial charge in [-0.15, -0.1) is 0 Å². The van der Waals surface area contributed by atoms with Crippen LogP contribution in [0.15, 0.2) is 71.6 Å². The molecule has 6 nitrogen and oxygen atoms in total. The monoisotopic (exact) mass is 491 g/mol. The van der Waals surface area contributed by atoms with E-state index in [0.717, 1.165) is 5.56 Å². The van der Waals surface area contributed by atoms with Gasteiger partial charge in [0.2, 0.25) is 0 Å². The number of fused-ring (bicyclic) bond motifs is 1. The van der Waals surface area contributed by atoms with Crippen LogP contribution in [0.25, 0.3) is 16.4 Å². The number of nitrogens with zero attached hydrogens (tertiary/aromatic N) is 3. The van der Waals surface area contributed by atoms with Gasteiger partial charge in [0.15, 0.2) is 0 Å². The second-order valence-electron chi connectivity index (χ2n) is 6.51. The SMILES string of the molecule is O=S(=O)(Nc1nc2ccccc2nc1[N-]Cc1ccc(Cl)cc1)c1cc(Cl)ccc1Cl. The highest BCUT2D eigenvalue weighted by molar-refractivity contribution is 7.92. The Labute approximate surface area is 194 Å². The van der Waals surface area contributed by atoms with E-state index in [2.05, 4.69) is 20.0 Å². The lowest BCUT2D eigenvalue weighted by atomic mass is 10.2. The molecule has 4 rings (SSSR count). The first-order valence-electron chi connectivity index (χ1n) is 8.98. The molecule has 0 aliphatic rings. The van der Waals surface area contributed by atoms with Crippen molar-refractivity contribution in [2.45, 2.75) is 11.4 Å². The molecule has 0 aliphatic carbocycles. The molecule has 0 bridgehead atoms. The van der Waals surface area contributed by atoms with E-state index in [4.69, 9.17) is 34.8 Å². The topological polar surface area (TPSA) is 86.1 Å². The molecule has 0 amide bonds. The molecular formula is C21H14Cl3N4O2S-. The Morgan fingerprint density at radius 3 is 2.19 bits per heavy atom. The fourth-order valence-electron chi connectivity index (χ4n) is 2.79. The van der Waals surface area contributed by atoms with Crippen molar-refractivity contribution < 1.29 is 8.42 Å². The molecule has 10 heteroatoms. The lowest BCUT2D eigenvalue weighted by Crippen LogP contribution is -2.15. The summed E-state index contributed by atoms with van der Waals surface area (Å²) in [5.74, 6) is 0.138. The van der Waals surface area contributed by atoms with Crippen LogP contribution >= 0.6 is 34.8 Å². The third-order valence-corrected chi connectivity index (χ3v) is 6.60. The maximum atomic E-state index is 13.0. The van der Waals surface area contributed by atoms with Crippen LogP contribution in [-0.2, 0) is 16.6 Å². The molecule has 0 atom stereocenters. The van der Waals surface area contributed by atoms with E-state index in [9.17, 15) is 8.42 Å². The highest BCUT2D eigenvalue weighted by Gasteiger charge is 2.20. The summed E-state index contributed by atoms with van der Waals surface area (Å²) in [6, 6.07) is 18.5. The second-order valence-corrected chi connectivity index (χ2v) is 9.44. The Balaban J connectivity index is 1.72. The van der Waals surface area contributed by atoms with Gasteiger partial charge in [-0.3, -0.25) is 4.72 Å². The molecule has 4 aromatic rings. The minimum absolute atomic E-state index is 0.0105. The summed E-state index contributed by atoms with van der Waals surface area (Å²) < 4.78 is 28.4. The zero-order valence-corrected chi connectivity index (χ0v) is 18.8. The average molecular weight is 493 g/mol. The molecule has 0 saturated carbocycles. The van der Waals surface area contributed by atoms with Gasteiger partial charge in [0.1, 0.15) is 10.7 Å². The first kappa shape index (κ1) is 21.6. The Morgan fingerprint density at radius 2 is 1.48 bits per heavy atom. The van der Waals surface area contributed by atoms with Gasteiger partial charge in [-0.25, -0.2) is 13.4 Å². The van der Waals surface area contributed by atoms with Gasteiger partial charge in [-0.05, 0) is 59.8 Å². The van der Waals surface area contributed by atoms with Gasteiger partial charge < -0.3 is 10.3 Å². The van der Waals surface area contributed by atoms with Crippen LogP contribution in [0, 0.1) is 0 Å². The van der Waals surface area contributed by atoms with Gasteiger partial charge >= 0.3 is 0 Å². The number of hydrogen-bond donors (Lipinski definition) is 1. The minimum Gasteiger partial charge on any atom is -0.458 e. The van der Waals surface area contributed by atoms with Gasteiger partial charge in [-0.1, -0.05) is 65.1 Å². The molecule has 1 aromatic heterocycles. The van der Waals surface area contributed by atoms with E-state index in [1.54, 1.807) is 30.3 Å². The van der Waals surface area contributed by atoms with Crippen LogP contribution in [0.4, 0.5) is 11.6 Å². The summed E-state index contributed by atoms with van der Waals surface area (Å²) in [7, 11) is -4.09. The smallest absolute Gasteiger partial charge is 0.264 e. The van der Waals surface area contributed by atoms with Crippen LogP contribution in [0.2, 0.25) is 15.1 Å². The molecule has 0 aliphatic heterocycles. The summed E-state index contributed by atoms with van der Waals surface area (Å²) in [6.45, 7) is 0.261. The van der Waals surface area contributed by atoms with E-state index in [1.807, 2.05) is 18.2 Å². The average Bonchev–Trinajstić information content (AvgIpc) is 2.74. The van der Waals surface area contributed by atoms with Gasteiger partial charge in [0.05, 0.1) is 10.5 Å². The number of nitrogens with one attached hydrogen (secondary N) is 1. The number of rotatable bonds is 6. The molecular weight excluding hydrogens is 479 g/mol. The van der Waals surface area contributed by atoms with E-state index in [1.165, 1.54) is 18.2 Å². The number of para-hydroxylation sites is 2. The van der Waals surface area contributed by atoms with Crippen molar-refractivity contribution in [3.63, 3.8) is 0 Å². The standard InChI is InChI=1S/C21H14Cl3N4O2S/c22-14-7-5-13(6-8-14)12-25-20-21(27-18-4-2-1-3-17(18)26-20)28-31(29,30)19-11-15(23)9-10-16(19)24/h1-11H,12H2,(H-,25,26,27,28)/q-1. The normalized spacial score (nSPS) is 11.5. The van der Waals surface area contributed by atoms with Crippen molar-refractivity contribution in [1.29, 1.82) is 0 Å². The summed E-state index contributed by atoms with van der Waals surface area (Å²) in [5, 5.41) is 5.35. The first-order valence-corrected chi connectivity index (χ1v) is 11.6. The molecule has 1 heterocycles. The van der Waals surface area contributed by atoms with E-state index in [-0.39, 0.29) is 33.1 Å². The number of halogens is 3. The van der Waals surface area contributed by atoms with Crippen molar-refractivity contribution in [3.8, 4) is 0 Å². The minimum atomic E-state index is -4.09. The number of sulfonamides is 1. The lowest BCUT2D eigenvalue weighted by Gasteiger charge is -2.21. The van der Waals surface area contributed by atoms with Crippen molar-refractivity contribution >= 4 is 67.5 Å². The molecule has 0 saturated heterocycles. The van der Waals surface area contributed by atoms with Crippen LogP contribution < -0.4 is 4.72 Å². The molecule has 3 aromatic carbocycles. The maximum Gasteiger partial charge on any atom is 0.264 e. The van der Waals surface area contributed by atoms with Gasteiger partial charge in [-0.2, -0.15) is 0 Å². The van der Waals surface area contributed by atoms with Crippen LogP contribution in [0.3, 0.4) is 0 Å². The Bertz CT molecular complexity index is 1360. The number of anilines is 1. The van der Waals surface area contributed by atoms with E-state index < -0.39 is 10.0 Å². The van der Waals surface area contributed by atoms with Crippen molar-refractivity contribution in [2.24, 2.45) is 0 Å². The summed E-state index contributed by atoms with van der Waals surface area (Å²) >= 11 is 18.0. The Morgan fingerprint density at radius 1 is 0.839 bits per heavy atom. The third-order valence-electron chi connectivity index (χ3n) is 4.29. The second kappa shape index (κ2) is 8.88. The summed E-state index contributed by atoms with van der Waals surface area (Å²) in [6.07, 6.45) is 0. The lowest BCUT2D eigenvalue weighted by molar-refractivity contribution is 0.601. The van der Waals surface area contributed by atoms with Crippen molar-refractivity contribution in [1.82, 2.24) is 9.97 Å². The fraction of sp³-hybridized carbons (Fsp3) is 0.0476. The predicted molar refractivity (Wildman–Crippen MR) is 125 cm³/mol. The molecule has 0 spiro atoms. The fourth-order valence-corrected chi connectivity index (χ4v) is 4.68. The van der Waals surface area contributed by atoms with Crippen molar-refractivity contribution in [3.05, 3.63) is 92.7 Å². The molecule has 31 heavy (non-hydrogen) atoms. The molecule has 0 fully saturated rings. The number of hydrogen-bond acceptors (Lipinski definition) is 4. The first-order chi connectivity index (χ1) is 14.8. The quantitative estimate of drug-likeness (QED) is 0.329. The summed E-state index contributed by atoms with van der Waals surface area (Å²) in [5.41, 5.74) is 1.98. The molecule has 158 valence electrons. The third kappa shape index (κ3) is 5.02. The van der Waals surface area contributed by atoms with Crippen LogP contribution in [0.1, 0.15) is 5.56 Å². The summed E-state index contributed by atoms with van der Waals surface area (Å²) in [4.78, 5) is 8.74. The number of benzene rings is 3. The highest BCUT2D eigenvalue weighted by atomic mass is 35.5. The zero-order chi connectivity index (χ0) is 22.0. The Kier molecular flexibility index (Phi) is 6.20. The Hall–Kier alpha value is -2.58. The van der Waals surface area contributed by atoms with Crippen molar-refractivity contribution in [2.75, 3.05) is 4.72 Å².